The minimum Gasteiger partial charge on any atom is -0.466 e. The van der Waals surface area contributed by atoms with Crippen molar-refractivity contribution in [2.24, 2.45) is 0 Å². The lowest BCUT2D eigenvalue weighted by Gasteiger charge is -2.10. The fraction of sp³-hybridized carbons (Fsp3) is 0.278. The maximum atomic E-state index is 11.3. The van der Waals surface area contributed by atoms with Crippen LogP contribution in [0.2, 0.25) is 5.02 Å². The van der Waals surface area contributed by atoms with Crippen molar-refractivity contribution < 1.29 is 14.6 Å². The summed E-state index contributed by atoms with van der Waals surface area (Å²) in [5, 5.41) is 10.6. The molecule has 2 aromatic rings. The van der Waals surface area contributed by atoms with E-state index in [4.69, 9.17) is 16.3 Å². The van der Waals surface area contributed by atoms with Crippen LogP contribution in [0, 0.1) is 0 Å². The molecule has 0 aliphatic rings. The molecular formula is C18H19ClO3. The Morgan fingerprint density at radius 2 is 1.64 bits per heavy atom. The molecule has 1 atom stereocenters. The summed E-state index contributed by atoms with van der Waals surface area (Å²) in [5.41, 5.74) is 3.15. The van der Waals surface area contributed by atoms with Gasteiger partial charge in [-0.2, -0.15) is 0 Å². The number of hydrogen-bond acceptors (Lipinski definition) is 3. The van der Waals surface area contributed by atoms with E-state index in [1.165, 1.54) is 0 Å². The maximum Gasteiger partial charge on any atom is 0.308 e. The summed E-state index contributed by atoms with van der Waals surface area (Å²) in [7, 11) is 0. The number of carbonyl (C=O) groups excluding carboxylic acids is 1. The van der Waals surface area contributed by atoms with Crippen LogP contribution in [0.5, 0.6) is 0 Å². The van der Waals surface area contributed by atoms with Crippen molar-refractivity contribution in [2.45, 2.75) is 25.9 Å². The number of aliphatic hydroxyl groups is 1. The normalized spacial score (nSPS) is 12.0. The first-order valence-electron chi connectivity index (χ1n) is 7.27. The van der Waals surface area contributed by atoms with Crippen molar-refractivity contribution in [3.8, 4) is 11.1 Å². The molecule has 2 rings (SSSR count). The lowest BCUT2D eigenvalue weighted by molar-refractivity contribution is -0.145. The third-order valence-corrected chi connectivity index (χ3v) is 3.56. The van der Waals surface area contributed by atoms with Crippen molar-refractivity contribution in [3.63, 3.8) is 0 Å². The highest BCUT2D eigenvalue weighted by molar-refractivity contribution is 6.30. The zero-order chi connectivity index (χ0) is 15.9. The molecule has 0 aliphatic heterocycles. The molecule has 1 N–H and O–H groups in total. The van der Waals surface area contributed by atoms with Gasteiger partial charge < -0.3 is 9.84 Å². The van der Waals surface area contributed by atoms with Crippen molar-refractivity contribution in [1.82, 2.24) is 0 Å². The lowest BCUT2D eigenvalue weighted by Crippen LogP contribution is -2.18. The maximum absolute atomic E-state index is 11.3. The third-order valence-electron chi connectivity index (χ3n) is 3.31. The highest BCUT2D eigenvalue weighted by atomic mass is 35.5. The predicted molar refractivity (Wildman–Crippen MR) is 87.8 cm³/mol. The fourth-order valence-corrected chi connectivity index (χ4v) is 2.36. The first kappa shape index (κ1) is 16.5. The molecule has 4 heteroatoms. The predicted octanol–water partition coefficient (Wildman–Crippen LogP) is 3.86. The molecule has 0 heterocycles. The van der Waals surface area contributed by atoms with Gasteiger partial charge in [0.25, 0.3) is 0 Å². The van der Waals surface area contributed by atoms with E-state index in [1.807, 2.05) is 48.5 Å². The standard InChI is InChI=1S/C18H19ClO3/c1-2-22-18(21)12-17(20)11-13-3-5-14(6-4-13)15-7-9-16(19)10-8-15/h3-10,17,20H,2,11-12H2,1H3/t17-/m0/s1. The molecule has 0 spiro atoms. The number of carbonyl (C=O) groups is 1. The van der Waals surface area contributed by atoms with Gasteiger partial charge in [0.2, 0.25) is 0 Å². The zero-order valence-corrected chi connectivity index (χ0v) is 13.2. The molecule has 0 amide bonds. The van der Waals surface area contributed by atoms with E-state index < -0.39 is 6.10 Å². The van der Waals surface area contributed by atoms with Gasteiger partial charge in [-0.15, -0.1) is 0 Å². The van der Waals surface area contributed by atoms with Crippen LogP contribution in [-0.2, 0) is 16.0 Å². The molecule has 22 heavy (non-hydrogen) atoms. The van der Waals surface area contributed by atoms with Gasteiger partial charge in [-0.1, -0.05) is 48.0 Å². The smallest absolute Gasteiger partial charge is 0.308 e. The van der Waals surface area contributed by atoms with Gasteiger partial charge in [-0.25, -0.2) is 0 Å². The fourth-order valence-electron chi connectivity index (χ4n) is 2.23. The number of ether oxygens (including phenoxy) is 1. The highest BCUT2D eigenvalue weighted by Crippen LogP contribution is 2.22. The number of hydrogen-bond donors (Lipinski definition) is 1. The molecule has 116 valence electrons. The molecule has 0 bridgehead atoms. The summed E-state index contributed by atoms with van der Waals surface area (Å²) in [6, 6.07) is 15.5. The van der Waals surface area contributed by atoms with Crippen molar-refractivity contribution in [3.05, 3.63) is 59.1 Å². The van der Waals surface area contributed by atoms with E-state index >= 15 is 0 Å². The summed E-state index contributed by atoms with van der Waals surface area (Å²) >= 11 is 5.88. The van der Waals surface area contributed by atoms with Gasteiger partial charge >= 0.3 is 5.97 Å². The Balaban J connectivity index is 1.97. The van der Waals surface area contributed by atoms with Gasteiger partial charge in [-0.3, -0.25) is 4.79 Å². The van der Waals surface area contributed by atoms with E-state index in [1.54, 1.807) is 6.92 Å². The van der Waals surface area contributed by atoms with E-state index in [0.29, 0.717) is 18.1 Å². The molecule has 2 aromatic carbocycles. The molecule has 0 fully saturated rings. The van der Waals surface area contributed by atoms with Crippen LogP contribution in [0.3, 0.4) is 0 Å². The number of esters is 1. The number of rotatable bonds is 6. The third kappa shape index (κ3) is 4.86. The number of benzene rings is 2. The quantitative estimate of drug-likeness (QED) is 0.823. The molecular weight excluding hydrogens is 300 g/mol. The van der Waals surface area contributed by atoms with Gasteiger partial charge in [0.05, 0.1) is 19.1 Å². The Labute approximate surface area is 135 Å². The van der Waals surface area contributed by atoms with Crippen LogP contribution in [0.25, 0.3) is 11.1 Å². The molecule has 3 nitrogen and oxygen atoms in total. The molecule has 0 unspecified atom stereocenters. The number of aliphatic hydroxyl groups excluding tert-OH is 1. The Morgan fingerprint density at radius 3 is 2.18 bits per heavy atom. The highest BCUT2D eigenvalue weighted by Gasteiger charge is 2.12. The average molecular weight is 319 g/mol. The van der Waals surface area contributed by atoms with Crippen molar-refractivity contribution >= 4 is 17.6 Å². The van der Waals surface area contributed by atoms with E-state index in [9.17, 15) is 9.90 Å². The SMILES string of the molecule is CCOC(=O)C[C@@H](O)Cc1ccc(-c2ccc(Cl)cc2)cc1. The monoisotopic (exact) mass is 318 g/mol. The van der Waals surface area contributed by atoms with E-state index in [2.05, 4.69) is 0 Å². The van der Waals surface area contributed by atoms with Crippen LogP contribution in [0.4, 0.5) is 0 Å². The van der Waals surface area contributed by atoms with Gasteiger partial charge in [0.15, 0.2) is 0 Å². The topological polar surface area (TPSA) is 46.5 Å². The van der Waals surface area contributed by atoms with Gasteiger partial charge in [0, 0.05) is 5.02 Å². The van der Waals surface area contributed by atoms with Crippen LogP contribution in [-0.4, -0.2) is 23.8 Å². The zero-order valence-electron chi connectivity index (χ0n) is 12.5. The van der Waals surface area contributed by atoms with Gasteiger partial charge in [0.1, 0.15) is 0 Å². The minimum atomic E-state index is -0.722. The van der Waals surface area contributed by atoms with E-state index in [0.717, 1.165) is 16.7 Å². The van der Waals surface area contributed by atoms with Crippen LogP contribution >= 0.6 is 11.6 Å². The second-order valence-corrected chi connectivity index (χ2v) is 5.51. The molecule has 0 saturated heterocycles. The minimum absolute atomic E-state index is 0.0206. The molecule has 0 saturated carbocycles. The molecule has 0 aromatic heterocycles. The summed E-state index contributed by atoms with van der Waals surface area (Å²) in [6.07, 6.45) is -0.271. The second kappa shape index (κ2) is 7.97. The summed E-state index contributed by atoms with van der Waals surface area (Å²) in [4.78, 5) is 11.3. The summed E-state index contributed by atoms with van der Waals surface area (Å²) < 4.78 is 4.83. The molecule has 0 radical (unpaired) electrons. The van der Waals surface area contributed by atoms with Crippen LogP contribution in [0.1, 0.15) is 18.9 Å². The van der Waals surface area contributed by atoms with Gasteiger partial charge in [-0.05, 0) is 42.2 Å². The Kier molecular flexibility index (Phi) is 5.99. The van der Waals surface area contributed by atoms with Crippen LogP contribution < -0.4 is 0 Å². The second-order valence-electron chi connectivity index (χ2n) is 5.07. The summed E-state index contributed by atoms with van der Waals surface area (Å²) in [5.74, 6) is -0.368. The lowest BCUT2D eigenvalue weighted by atomic mass is 10.0. The first-order valence-corrected chi connectivity index (χ1v) is 7.65. The van der Waals surface area contributed by atoms with Crippen molar-refractivity contribution in [2.75, 3.05) is 6.61 Å². The summed E-state index contributed by atoms with van der Waals surface area (Å²) in [6.45, 7) is 2.08. The van der Waals surface area contributed by atoms with E-state index in [-0.39, 0.29) is 12.4 Å². The Hall–Kier alpha value is -1.84. The Morgan fingerprint density at radius 1 is 1.09 bits per heavy atom. The van der Waals surface area contributed by atoms with Crippen molar-refractivity contribution in [1.29, 1.82) is 0 Å². The average Bonchev–Trinajstić information content (AvgIpc) is 2.49. The molecule has 0 aliphatic carbocycles. The van der Waals surface area contributed by atoms with Crippen LogP contribution in [0.15, 0.2) is 48.5 Å². The first-order chi connectivity index (χ1) is 10.6. The number of halogens is 1. The largest absolute Gasteiger partial charge is 0.466 e. The Bertz CT molecular complexity index is 605.